The van der Waals surface area contributed by atoms with E-state index in [1.165, 1.54) is 0 Å². The van der Waals surface area contributed by atoms with Crippen molar-refractivity contribution in [3.8, 4) is 0 Å². The summed E-state index contributed by atoms with van der Waals surface area (Å²) >= 11 is 0. The number of carbonyl (C=O) groups is 2. The maximum Gasteiger partial charge on any atom is 0.420 e. The van der Waals surface area contributed by atoms with Crippen molar-refractivity contribution in [3.05, 3.63) is 0 Å². The Balaban J connectivity index is 3.11. The van der Waals surface area contributed by atoms with Gasteiger partial charge in [-0.15, -0.1) is 0 Å². The number of alkyl halides is 2. The van der Waals surface area contributed by atoms with Gasteiger partial charge in [0, 0.05) is 0 Å². The highest BCUT2D eigenvalue weighted by Gasteiger charge is 2.58. The molecule has 1 aliphatic heterocycles. The number of carboxylic acids is 1. The quantitative estimate of drug-likeness (QED) is 0.784. The first-order valence-corrected chi connectivity index (χ1v) is 5.68. The van der Waals surface area contributed by atoms with E-state index in [-0.39, 0.29) is 11.0 Å². The number of carboxylic acid groups (broad SMARTS) is 1. The lowest BCUT2D eigenvalue weighted by Crippen LogP contribution is -2.59. The largest absolute Gasteiger partial charge is 0.480 e. The molecule has 2 atom stereocenters. The molecule has 7 heteroatoms. The topological polar surface area (TPSA) is 57.6 Å². The van der Waals surface area contributed by atoms with Gasteiger partial charge in [-0.25, -0.2) is 22.9 Å². The van der Waals surface area contributed by atoms with Crippen LogP contribution >= 0.6 is 0 Å². The molecule has 0 aromatic rings. The Morgan fingerprint density at radius 2 is 2.06 bits per heavy atom. The average Bonchev–Trinajstić information content (AvgIpc) is 2.42. The molecule has 0 saturated carbocycles. The van der Waals surface area contributed by atoms with Gasteiger partial charge in [-0.2, -0.15) is 0 Å². The van der Waals surface area contributed by atoms with E-state index in [4.69, 9.17) is 5.11 Å². The van der Waals surface area contributed by atoms with E-state index >= 15 is 0 Å². The number of rotatable bonds is 3. The first kappa shape index (κ1) is 14.8. The second kappa shape index (κ2) is 4.46. The molecular formula is C11H19F2N2O3+. The number of quaternary nitrogens is 1. The molecule has 2 unspecified atom stereocenters. The van der Waals surface area contributed by atoms with Crippen LogP contribution in [0.1, 0.15) is 20.8 Å². The SMILES string of the molecule is CC(C)(C)[N+]1(C)CC(C(=O)O)N(CC(F)F)C1=O. The fraction of sp³-hybridized carbons (Fsp3) is 0.818. The van der Waals surface area contributed by atoms with Crippen molar-refractivity contribution in [2.24, 2.45) is 0 Å². The molecule has 104 valence electrons. The van der Waals surface area contributed by atoms with Gasteiger partial charge in [0.05, 0.1) is 19.1 Å². The number of likely N-dealkylation sites (N-methyl/N-ethyl adjacent to an activating group) is 1. The Bertz CT molecular complexity index is 368. The fourth-order valence-electron chi connectivity index (χ4n) is 2.07. The van der Waals surface area contributed by atoms with Gasteiger partial charge in [0.2, 0.25) is 0 Å². The molecule has 0 bridgehead atoms. The first-order chi connectivity index (χ1) is 8.00. The molecule has 0 radical (unpaired) electrons. The third kappa shape index (κ3) is 2.31. The summed E-state index contributed by atoms with van der Waals surface area (Å²) < 4.78 is 24.7. The van der Waals surface area contributed by atoms with Crippen LogP contribution in [-0.4, -0.2) is 64.6 Å². The van der Waals surface area contributed by atoms with Crippen molar-refractivity contribution in [2.75, 3.05) is 20.1 Å². The van der Waals surface area contributed by atoms with Crippen molar-refractivity contribution >= 4 is 12.0 Å². The van der Waals surface area contributed by atoms with Crippen molar-refractivity contribution in [2.45, 2.75) is 38.8 Å². The monoisotopic (exact) mass is 265 g/mol. The second-order valence-electron chi connectivity index (χ2n) is 5.72. The third-order valence-corrected chi connectivity index (χ3v) is 3.68. The molecule has 1 saturated heterocycles. The number of carbonyl (C=O) groups excluding carboxylic acids is 1. The first-order valence-electron chi connectivity index (χ1n) is 5.68. The number of halogens is 2. The van der Waals surface area contributed by atoms with Gasteiger partial charge < -0.3 is 5.11 Å². The van der Waals surface area contributed by atoms with Gasteiger partial charge >= 0.3 is 12.0 Å². The molecule has 1 N–H and O–H groups in total. The van der Waals surface area contributed by atoms with Crippen LogP contribution in [0.5, 0.6) is 0 Å². The van der Waals surface area contributed by atoms with Gasteiger partial charge in [0.25, 0.3) is 6.43 Å². The Morgan fingerprint density at radius 1 is 1.56 bits per heavy atom. The molecule has 0 spiro atoms. The minimum atomic E-state index is -2.73. The number of aliphatic carboxylic acids is 1. The van der Waals surface area contributed by atoms with Crippen LogP contribution in [0.2, 0.25) is 0 Å². The molecule has 1 rings (SSSR count). The summed E-state index contributed by atoms with van der Waals surface area (Å²) in [6.07, 6.45) is -2.73. The average molecular weight is 265 g/mol. The Kier molecular flexibility index (Phi) is 3.67. The third-order valence-electron chi connectivity index (χ3n) is 3.68. The maximum atomic E-state index is 12.5. The van der Waals surface area contributed by atoms with Crippen LogP contribution in [0, 0.1) is 0 Å². The molecule has 1 heterocycles. The van der Waals surface area contributed by atoms with Gasteiger partial charge in [-0.1, -0.05) is 0 Å². The minimum Gasteiger partial charge on any atom is -0.480 e. The zero-order valence-electron chi connectivity index (χ0n) is 11.0. The van der Waals surface area contributed by atoms with E-state index in [0.717, 1.165) is 4.90 Å². The zero-order valence-corrected chi connectivity index (χ0v) is 11.0. The van der Waals surface area contributed by atoms with E-state index < -0.39 is 36.6 Å². The minimum absolute atomic E-state index is 0.00435. The van der Waals surface area contributed by atoms with Crippen LogP contribution in [0.25, 0.3) is 0 Å². The molecule has 1 fully saturated rings. The summed E-state index contributed by atoms with van der Waals surface area (Å²) in [5.74, 6) is -1.24. The number of nitrogens with zero attached hydrogens (tertiary/aromatic N) is 2. The number of hydrogen-bond donors (Lipinski definition) is 1. The number of amides is 2. The van der Waals surface area contributed by atoms with Crippen LogP contribution < -0.4 is 0 Å². The van der Waals surface area contributed by atoms with Gasteiger partial charge in [0.1, 0.15) is 6.54 Å². The van der Waals surface area contributed by atoms with Gasteiger partial charge in [-0.05, 0) is 20.8 Å². The number of urea groups is 1. The van der Waals surface area contributed by atoms with E-state index in [1.54, 1.807) is 27.8 Å². The van der Waals surface area contributed by atoms with Crippen molar-refractivity contribution < 1.29 is 28.0 Å². The fourth-order valence-corrected chi connectivity index (χ4v) is 2.07. The molecule has 2 amide bonds. The highest BCUT2D eigenvalue weighted by molar-refractivity contribution is 5.82. The van der Waals surface area contributed by atoms with E-state index in [0.29, 0.717) is 0 Å². The molecule has 18 heavy (non-hydrogen) atoms. The highest BCUT2D eigenvalue weighted by atomic mass is 19.3. The summed E-state index contributed by atoms with van der Waals surface area (Å²) in [5.41, 5.74) is -0.540. The summed E-state index contributed by atoms with van der Waals surface area (Å²) in [7, 11) is 1.59. The molecule has 0 aromatic carbocycles. The van der Waals surface area contributed by atoms with E-state index in [2.05, 4.69) is 0 Å². The standard InChI is InChI=1S/C11H18F2N2O3/c1-11(2,3)15(4)6-7(9(16)17)14(10(15)18)5-8(12)13/h7-8H,5-6H2,1-4H3/p+1. The maximum absolute atomic E-state index is 12.5. The van der Waals surface area contributed by atoms with Crippen molar-refractivity contribution in [1.29, 1.82) is 0 Å². The van der Waals surface area contributed by atoms with E-state index in [1.807, 2.05) is 0 Å². The summed E-state index contributed by atoms with van der Waals surface area (Å²) in [4.78, 5) is 24.1. The Morgan fingerprint density at radius 3 is 2.39 bits per heavy atom. The van der Waals surface area contributed by atoms with Crippen LogP contribution in [0.4, 0.5) is 13.6 Å². The molecule has 0 aliphatic carbocycles. The smallest absolute Gasteiger partial charge is 0.420 e. The summed E-state index contributed by atoms with van der Waals surface area (Å²) in [6, 6.07) is -1.74. The lowest BCUT2D eigenvalue weighted by molar-refractivity contribution is -0.870. The number of hydrogen-bond acceptors (Lipinski definition) is 2. The molecule has 5 nitrogen and oxygen atoms in total. The Labute approximate surface area is 105 Å². The van der Waals surface area contributed by atoms with Crippen molar-refractivity contribution in [1.82, 2.24) is 4.90 Å². The van der Waals surface area contributed by atoms with Gasteiger partial charge in [0.15, 0.2) is 6.04 Å². The lowest BCUT2D eigenvalue weighted by Gasteiger charge is -2.38. The summed E-state index contributed by atoms with van der Waals surface area (Å²) in [6.45, 7) is 4.53. The van der Waals surface area contributed by atoms with Gasteiger partial charge in [-0.3, -0.25) is 4.90 Å². The predicted molar refractivity (Wildman–Crippen MR) is 60.3 cm³/mol. The van der Waals surface area contributed by atoms with E-state index in [9.17, 15) is 18.4 Å². The Hall–Kier alpha value is -1.24. The zero-order chi connectivity index (χ0) is 14.3. The molecular weight excluding hydrogens is 246 g/mol. The van der Waals surface area contributed by atoms with Crippen LogP contribution in [-0.2, 0) is 4.79 Å². The normalized spacial score (nSPS) is 29.2. The van der Waals surface area contributed by atoms with Crippen LogP contribution in [0.3, 0.4) is 0 Å². The van der Waals surface area contributed by atoms with Crippen LogP contribution in [0.15, 0.2) is 0 Å². The predicted octanol–water partition coefficient (Wildman–Crippen LogP) is 1.39. The van der Waals surface area contributed by atoms with Crippen molar-refractivity contribution in [3.63, 3.8) is 0 Å². The second-order valence-corrected chi connectivity index (χ2v) is 5.72. The molecule has 0 aromatic heterocycles. The highest BCUT2D eigenvalue weighted by Crippen LogP contribution is 2.32. The molecule has 1 aliphatic rings. The summed E-state index contributed by atoms with van der Waals surface area (Å²) in [5, 5.41) is 9.06. The lowest BCUT2D eigenvalue weighted by atomic mass is 10.0.